The Kier molecular flexibility index (Phi) is 7.19. The van der Waals surface area contributed by atoms with E-state index in [9.17, 15) is 20.1 Å². The number of imidazole rings is 1. The summed E-state index contributed by atoms with van der Waals surface area (Å²) < 4.78 is 12.6. The van der Waals surface area contributed by atoms with Crippen LogP contribution >= 0.6 is 0 Å². The van der Waals surface area contributed by atoms with Crippen LogP contribution < -0.4 is 10.1 Å². The van der Waals surface area contributed by atoms with Crippen LogP contribution in [0.4, 0.5) is 5.82 Å². The first-order chi connectivity index (χ1) is 18.0. The lowest BCUT2D eigenvalue weighted by atomic mass is 10.1. The summed E-state index contributed by atoms with van der Waals surface area (Å²) >= 11 is 0. The molecule has 0 radical (unpaired) electrons. The molecule has 4 aromatic rings. The molecule has 1 fully saturated rings. The molecule has 190 valence electrons. The molecule has 11 nitrogen and oxygen atoms in total. The normalized spacial score (nSPS) is 21.5. The van der Waals surface area contributed by atoms with Crippen LogP contribution in [0.25, 0.3) is 23.3 Å². The Morgan fingerprint density at radius 1 is 1.00 bits per heavy atom. The first-order valence-electron chi connectivity index (χ1n) is 11.6. The number of nitrogens with zero attached hydrogens (tertiary/aromatic N) is 4. The Morgan fingerprint density at radius 3 is 2.43 bits per heavy atom. The molecule has 0 bridgehead atoms. The third-order valence-electron chi connectivity index (χ3n) is 5.93. The van der Waals surface area contributed by atoms with Gasteiger partial charge in [-0.2, -0.15) is 0 Å². The maximum absolute atomic E-state index is 12.5. The zero-order valence-corrected chi connectivity index (χ0v) is 19.6. The van der Waals surface area contributed by atoms with Gasteiger partial charge in [-0.25, -0.2) is 15.0 Å². The van der Waals surface area contributed by atoms with Gasteiger partial charge >= 0.3 is 0 Å². The summed E-state index contributed by atoms with van der Waals surface area (Å²) in [5.41, 5.74) is 2.64. The summed E-state index contributed by atoms with van der Waals surface area (Å²) in [6, 6.07) is 17.3. The van der Waals surface area contributed by atoms with Crippen molar-refractivity contribution < 1.29 is 29.6 Å². The highest BCUT2D eigenvalue weighted by atomic mass is 16.6. The van der Waals surface area contributed by atoms with Crippen molar-refractivity contribution in [2.75, 3.05) is 18.5 Å². The Morgan fingerprint density at radius 2 is 1.73 bits per heavy atom. The van der Waals surface area contributed by atoms with Crippen molar-refractivity contribution in [3.05, 3.63) is 78.4 Å². The van der Waals surface area contributed by atoms with E-state index in [1.807, 2.05) is 54.6 Å². The molecule has 1 amide bonds. The molecule has 3 heterocycles. The van der Waals surface area contributed by atoms with Crippen molar-refractivity contribution in [1.82, 2.24) is 19.5 Å². The summed E-state index contributed by atoms with van der Waals surface area (Å²) in [6.45, 7) is -0.703. The molecule has 1 aliphatic rings. The molecule has 1 aliphatic heterocycles. The van der Waals surface area contributed by atoms with Crippen LogP contribution in [-0.4, -0.2) is 72.3 Å². The van der Waals surface area contributed by atoms with Crippen molar-refractivity contribution in [3.8, 4) is 5.75 Å². The average Bonchev–Trinajstić information content (AvgIpc) is 3.48. The van der Waals surface area contributed by atoms with Gasteiger partial charge in [-0.1, -0.05) is 54.6 Å². The topological polar surface area (TPSA) is 152 Å². The number of amides is 1. The number of carbonyl (C=O) groups excluding carboxylic acids is 1. The molecule has 37 heavy (non-hydrogen) atoms. The van der Waals surface area contributed by atoms with E-state index in [1.54, 1.807) is 12.1 Å². The van der Waals surface area contributed by atoms with Gasteiger partial charge in [-0.05, 0) is 23.3 Å². The van der Waals surface area contributed by atoms with E-state index >= 15 is 0 Å². The lowest BCUT2D eigenvalue weighted by molar-refractivity contribution is -0.118. The van der Waals surface area contributed by atoms with Crippen LogP contribution in [0.2, 0.25) is 0 Å². The van der Waals surface area contributed by atoms with E-state index in [0.29, 0.717) is 5.75 Å². The van der Waals surface area contributed by atoms with E-state index in [0.717, 1.165) is 11.1 Å². The molecule has 2 aromatic heterocycles. The summed E-state index contributed by atoms with van der Waals surface area (Å²) in [5, 5.41) is 32.3. The molecular weight excluding hydrogens is 478 g/mol. The van der Waals surface area contributed by atoms with Crippen molar-refractivity contribution >= 4 is 35.0 Å². The number of hydrogen-bond donors (Lipinski definition) is 4. The lowest BCUT2D eigenvalue weighted by Gasteiger charge is -2.16. The van der Waals surface area contributed by atoms with Crippen LogP contribution in [0.3, 0.4) is 0 Å². The van der Waals surface area contributed by atoms with Gasteiger partial charge in [-0.15, -0.1) is 0 Å². The highest BCUT2D eigenvalue weighted by molar-refractivity contribution is 5.97. The van der Waals surface area contributed by atoms with Crippen LogP contribution in [0.15, 0.2) is 67.3 Å². The van der Waals surface area contributed by atoms with Crippen molar-refractivity contribution in [1.29, 1.82) is 0 Å². The fourth-order valence-corrected chi connectivity index (χ4v) is 3.99. The predicted molar refractivity (Wildman–Crippen MR) is 134 cm³/mol. The molecule has 11 heteroatoms. The molecule has 0 unspecified atom stereocenters. The number of aromatic nitrogens is 4. The number of anilines is 1. The maximum Gasteiger partial charge on any atom is 0.263 e. The van der Waals surface area contributed by atoms with Gasteiger partial charge in [-0.3, -0.25) is 9.36 Å². The number of benzene rings is 2. The van der Waals surface area contributed by atoms with E-state index in [2.05, 4.69) is 20.3 Å². The van der Waals surface area contributed by atoms with Crippen molar-refractivity contribution in [2.45, 2.75) is 24.5 Å². The Labute approximate surface area is 211 Å². The van der Waals surface area contributed by atoms with E-state index < -0.39 is 37.1 Å². The second-order valence-electron chi connectivity index (χ2n) is 8.43. The molecule has 1 saturated heterocycles. The van der Waals surface area contributed by atoms with Crippen LogP contribution in [0.5, 0.6) is 5.75 Å². The SMILES string of the molecule is O=C(COc1ccc(C=Cc2ccccc2)cc1)Nc1ncnc2c1ncn2[C@@H]1O[C@H](CO)[C@@H](O)[C@H]1O. The molecule has 4 atom stereocenters. The summed E-state index contributed by atoms with van der Waals surface area (Å²) in [7, 11) is 0. The third-order valence-corrected chi connectivity index (χ3v) is 5.93. The summed E-state index contributed by atoms with van der Waals surface area (Å²) in [4.78, 5) is 25.0. The fraction of sp³-hybridized carbons (Fsp3) is 0.231. The number of hydrogen-bond acceptors (Lipinski definition) is 9. The number of rotatable bonds is 8. The zero-order valence-electron chi connectivity index (χ0n) is 19.6. The van der Waals surface area contributed by atoms with E-state index in [1.165, 1.54) is 17.2 Å². The minimum Gasteiger partial charge on any atom is -0.484 e. The van der Waals surface area contributed by atoms with E-state index in [-0.39, 0.29) is 23.6 Å². The Balaban J connectivity index is 1.21. The Bertz CT molecular complexity index is 1390. The molecule has 0 saturated carbocycles. The van der Waals surface area contributed by atoms with Gasteiger partial charge in [0.1, 0.15) is 30.4 Å². The highest BCUT2D eigenvalue weighted by Crippen LogP contribution is 2.32. The van der Waals surface area contributed by atoms with Crippen LogP contribution in [0.1, 0.15) is 17.4 Å². The first kappa shape index (κ1) is 24.5. The van der Waals surface area contributed by atoms with Gasteiger partial charge in [0.25, 0.3) is 5.91 Å². The van der Waals surface area contributed by atoms with Crippen LogP contribution in [0, 0.1) is 0 Å². The summed E-state index contributed by atoms with van der Waals surface area (Å²) in [5.74, 6) is 0.245. The summed E-state index contributed by atoms with van der Waals surface area (Å²) in [6.07, 6.45) is 2.09. The molecule has 0 aliphatic carbocycles. The largest absolute Gasteiger partial charge is 0.484 e. The van der Waals surface area contributed by atoms with Crippen LogP contribution in [-0.2, 0) is 9.53 Å². The van der Waals surface area contributed by atoms with Crippen molar-refractivity contribution in [3.63, 3.8) is 0 Å². The smallest absolute Gasteiger partial charge is 0.263 e. The van der Waals surface area contributed by atoms with Crippen molar-refractivity contribution in [2.24, 2.45) is 0 Å². The van der Waals surface area contributed by atoms with Gasteiger partial charge in [0, 0.05) is 0 Å². The van der Waals surface area contributed by atoms with Gasteiger partial charge < -0.3 is 30.1 Å². The minimum absolute atomic E-state index is 0.158. The molecule has 4 N–H and O–H groups in total. The standard InChI is InChI=1S/C26H25N5O6/c32-12-19-22(34)23(35)26(37-19)31-15-29-21-24(27-14-28-25(21)31)30-20(33)13-36-18-10-8-17(9-11-18)7-6-16-4-2-1-3-5-16/h1-11,14-15,19,22-23,26,32,34-35H,12-13H2,(H,27,28,30,33)/t19-,22-,23-,26-/m1/s1. The molecular formula is C26H25N5O6. The number of fused-ring (bicyclic) bond motifs is 1. The quantitative estimate of drug-likeness (QED) is 0.263. The monoisotopic (exact) mass is 503 g/mol. The first-order valence-corrected chi connectivity index (χ1v) is 11.6. The molecule has 2 aromatic carbocycles. The van der Waals surface area contributed by atoms with Gasteiger partial charge in [0.2, 0.25) is 0 Å². The highest BCUT2D eigenvalue weighted by Gasteiger charge is 2.44. The fourth-order valence-electron chi connectivity index (χ4n) is 3.99. The Hall–Kier alpha value is -4.16. The number of carbonyl (C=O) groups is 1. The van der Waals surface area contributed by atoms with Gasteiger partial charge in [0.05, 0.1) is 12.9 Å². The molecule has 0 spiro atoms. The number of ether oxygens (including phenoxy) is 2. The second-order valence-corrected chi connectivity index (χ2v) is 8.43. The number of aliphatic hydroxyl groups excluding tert-OH is 3. The maximum atomic E-state index is 12.5. The minimum atomic E-state index is -1.30. The number of nitrogens with one attached hydrogen (secondary N) is 1. The van der Waals surface area contributed by atoms with Gasteiger partial charge in [0.15, 0.2) is 29.8 Å². The average molecular weight is 504 g/mol. The third kappa shape index (κ3) is 5.34. The zero-order chi connectivity index (χ0) is 25.8. The lowest BCUT2D eigenvalue weighted by Crippen LogP contribution is -2.33. The predicted octanol–water partition coefficient (Wildman–Crippen LogP) is 1.63. The van der Waals surface area contributed by atoms with E-state index in [4.69, 9.17) is 9.47 Å². The second kappa shape index (κ2) is 10.8. The molecule has 5 rings (SSSR count). The number of aliphatic hydroxyl groups is 3.